The zero-order valence-electron chi connectivity index (χ0n) is 12.0. The molecule has 1 heterocycles. The molecule has 3 rings (SSSR count). The molecule has 0 bridgehead atoms. The minimum Gasteiger partial charge on any atom is -0.497 e. The fourth-order valence-corrected chi connectivity index (χ4v) is 2.54. The van der Waals surface area contributed by atoms with Gasteiger partial charge in [-0.1, -0.05) is 24.3 Å². The summed E-state index contributed by atoms with van der Waals surface area (Å²) >= 11 is 0. The number of rotatable bonds is 3. The monoisotopic (exact) mass is 266 g/mol. The Balaban J connectivity index is 2.10. The lowest BCUT2D eigenvalue weighted by Crippen LogP contribution is -2.26. The van der Waals surface area contributed by atoms with E-state index in [1.54, 1.807) is 7.11 Å². The number of para-hydroxylation sites is 2. The van der Waals surface area contributed by atoms with Crippen LogP contribution in [0.3, 0.4) is 0 Å². The summed E-state index contributed by atoms with van der Waals surface area (Å²) in [6, 6.07) is 16.4. The number of nitrogens with zero attached hydrogens (tertiary/aromatic N) is 2. The van der Waals surface area contributed by atoms with Crippen LogP contribution in [0.2, 0.25) is 0 Å². The molecule has 3 aromatic rings. The van der Waals surface area contributed by atoms with E-state index in [9.17, 15) is 0 Å². The van der Waals surface area contributed by atoms with Crippen LogP contribution in [0.1, 0.15) is 19.4 Å². The van der Waals surface area contributed by atoms with Crippen molar-refractivity contribution in [1.29, 1.82) is 0 Å². The molecule has 0 saturated heterocycles. The third kappa shape index (κ3) is 1.95. The van der Waals surface area contributed by atoms with E-state index in [4.69, 9.17) is 4.74 Å². The van der Waals surface area contributed by atoms with E-state index in [1.807, 2.05) is 36.7 Å². The van der Waals surface area contributed by atoms with E-state index >= 15 is 0 Å². The standard InChI is InChI=1S/C17H18N2O/c1-17(2,13-8-10-14(20-3)11-9-13)19-12-18-15-6-4-5-7-16(15)19/h4-12H,1-3H3. The largest absolute Gasteiger partial charge is 0.497 e. The molecule has 3 heteroatoms. The van der Waals surface area contributed by atoms with Gasteiger partial charge in [-0.15, -0.1) is 0 Å². The van der Waals surface area contributed by atoms with Gasteiger partial charge in [0.1, 0.15) is 5.75 Å². The fourth-order valence-electron chi connectivity index (χ4n) is 2.54. The molecule has 0 atom stereocenters. The summed E-state index contributed by atoms with van der Waals surface area (Å²) in [6.45, 7) is 4.39. The maximum atomic E-state index is 5.22. The Kier molecular flexibility index (Phi) is 2.97. The predicted molar refractivity (Wildman–Crippen MR) is 81.2 cm³/mol. The molecule has 0 saturated carbocycles. The maximum Gasteiger partial charge on any atom is 0.118 e. The summed E-state index contributed by atoms with van der Waals surface area (Å²) in [7, 11) is 1.68. The summed E-state index contributed by atoms with van der Waals surface area (Å²) in [4.78, 5) is 4.48. The van der Waals surface area contributed by atoms with Crippen LogP contribution >= 0.6 is 0 Å². The Morgan fingerprint density at radius 1 is 1.00 bits per heavy atom. The molecule has 1 aromatic heterocycles. The molecule has 2 aromatic carbocycles. The van der Waals surface area contributed by atoms with E-state index in [0.29, 0.717) is 0 Å². The predicted octanol–water partition coefficient (Wildman–Crippen LogP) is 3.83. The second-order valence-corrected chi connectivity index (χ2v) is 5.39. The van der Waals surface area contributed by atoms with Gasteiger partial charge in [0.05, 0.1) is 30.0 Å². The normalized spacial score (nSPS) is 11.8. The Morgan fingerprint density at radius 3 is 2.40 bits per heavy atom. The molecule has 20 heavy (non-hydrogen) atoms. The van der Waals surface area contributed by atoms with E-state index in [2.05, 4.69) is 41.6 Å². The first kappa shape index (κ1) is 12.7. The second-order valence-electron chi connectivity index (χ2n) is 5.39. The lowest BCUT2D eigenvalue weighted by atomic mass is 9.93. The van der Waals surface area contributed by atoms with Gasteiger partial charge in [0, 0.05) is 0 Å². The van der Waals surface area contributed by atoms with Crippen LogP contribution in [-0.4, -0.2) is 16.7 Å². The molecule has 0 aliphatic carbocycles. The second kappa shape index (κ2) is 4.67. The highest BCUT2D eigenvalue weighted by Crippen LogP contribution is 2.30. The van der Waals surface area contributed by atoms with Gasteiger partial charge in [0.2, 0.25) is 0 Å². The number of aromatic nitrogens is 2. The molecular weight excluding hydrogens is 248 g/mol. The molecule has 0 unspecified atom stereocenters. The van der Waals surface area contributed by atoms with Crippen molar-refractivity contribution in [3.05, 3.63) is 60.4 Å². The number of ether oxygens (including phenoxy) is 1. The number of benzene rings is 2. The quantitative estimate of drug-likeness (QED) is 0.720. The summed E-state index contributed by atoms with van der Waals surface area (Å²) in [5.74, 6) is 0.875. The number of fused-ring (bicyclic) bond motifs is 1. The van der Waals surface area contributed by atoms with Gasteiger partial charge < -0.3 is 9.30 Å². The molecule has 0 amide bonds. The Labute approximate surface area is 118 Å². The minimum atomic E-state index is -0.164. The smallest absolute Gasteiger partial charge is 0.118 e. The first-order chi connectivity index (χ1) is 9.63. The van der Waals surface area contributed by atoms with E-state index in [0.717, 1.165) is 16.8 Å². The minimum absolute atomic E-state index is 0.164. The molecule has 0 aliphatic rings. The highest BCUT2D eigenvalue weighted by atomic mass is 16.5. The van der Waals surface area contributed by atoms with Gasteiger partial charge in [0.25, 0.3) is 0 Å². The van der Waals surface area contributed by atoms with Gasteiger partial charge in [-0.3, -0.25) is 0 Å². The summed E-state index contributed by atoms with van der Waals surface area (Å²) < 4.78 is 7.44. The van der Waals surface area contributed by atoms with Crippen LogP contribution in [0, 0.1) is 0 Å². The van der Waals surface area contributed by atoms with Gasteiger partial charge in [-0.25, -0.2) is 4.98 Å². The third-order valence-electron chi connectivity index (χ3n) is 3.85. The number of imidazole rings is 1. The molecule has 102 valence electrons. The molecule has 0 aliphatic heterocycles. The number of hydrogen-bond acceptors (Lipinski definition) is 2. The van der Waals surface area contributed by atoms with Crippen LogP contribution in [0.5, 0.6) is 5.75 Å². The van der Waals surface area contributed by atoms with Crippen molar-refractivity contribution in [2.45, 2.75) is 19.4 Å². The van der Waals surface area contributed by atoms with Crippen molar-refractivity contribution in [3.8, 4) is 5.75 Å². The molecule has 3 nitrogen and oxygen atoms in total. The van der Waals surface area contributed by atoms with Crippen LogP contribution in [0.4, 0.5) is 0 Å². The fraction of sp³-hybridized carbons (Fsp3) is 0.235. The van der Waals surface area contributed by atoms with Crippen molar-refractivity contribution in [3.63, 3.8) is 0 Å². The lowest BCUT2D eigenvalue weighted by molar-refractivity contribution is 0.412. The Bertz CT molecular complexity index is 726. The number of methoxy groups -OCH3 is 1. The summed E-state index contributed by atoms with van der Waals surface area (Å²) in [5.41, 5.74) is 3.23. The van der Waals surface area contributed by atoms with Crippen molar-refractivity contribution < 1.29 is 4.74 Å². The summed E-state index contributed by atoms with van der Waals surface area (Å²) in [5, 5.41) is 0. The van der Waals surface area contributed by atoms with Crippen molar-refractivity contribution in [2.75, 3.05) is 7.11 Å². The lowest BCUT2D eigenvalue weighted by Gasteiger charge is -2.28. The van der Waals surface area contributed by atoms with Crippen molar-refractivity contribution in [1.82, 2.24) is 9.55 Å². The molecular formula is C17H18N2O. The zero-order chi connectivity index (χ0) is 14.2. The molecule has 0 fully saturated rings. The molecule has 0 spiro atoms. The van der Waals surface area contributed by atoms with Crippen LogP contribution in [0.15, 0.2) is 54.9 Å². The van der Waals surface area contributed by atoms with Crippen LogP contribution < -0.4 is 4.74 Å². The van der Waals surface area contributed by atoms with E-state index in [1.165, 1.54) is 5.56 Å². The summed E-state index contributed by atoms with van der Waals surface area (Å²) in [6.07, 6.45) is 1.91. The Hall–Kier alpha value is -2.29. The van der Waals surface area contributed by atoms with Crippen molar-refractivity contribution in [2.24, 2.45) is 0 Å². The van der Waals surface area contributed by atoms with Gasteiger partial charge in [-0.2, -0.15) is 0 Å². The maximum absolute atomic E-state index is 5.22. The highest BCUT2D eigenvalue weighted by Gasteiger charge is 2.24. The third-order valence-corrected chi connectivity index (χ3v) is 3.85. The average molecular weight is 266 g/mol. The van der Waals surface area contributed by atoms with Crippen molar-refractivity contribution >= 4 is 11.0 Å². The molecule has 0 N–H and O–H groups in total. The van der Waals surface area contributed by atoms with Crippen LogP contribution in [-0.2, 0) is 5.54 Å². The SMILES string of the molecule is COc1ccc(C(C)(C)n2cnc3ccccc32)cc1. The highest BCUT2D eigenvalue weighted by molar-refractivity contribution is 5.75. The van der Waals surface area contributed by atoms with Gasteiger partial charge in [0.15, 0.2) is 0 Å². The topological polar surface area (TPSA) is 27.1 Å². The zero-order valence-corrected chi connectivity index (χ0v) is 12.0. The van der Waals surface area contributed by atoms with Gasteiger partial charge in [-0.05, 0) is 43.7 Å². The Morgan fingerprint density at radius 2 is 1.70 bits per heavy atom. The average Bonchev–Trinajstić information content (AvgIpc) is 2.92. The molecule has 0 radical (unpaired) electrons. The first-order valence-corrected chi connectivity index (χ1v) is 6.70. The van der Waals surface area contributed by atoms with Crippen LogP contribution in [0.25, 0.3) is 11.0 Å². The van der Waals surface area contributed by atoms with E-state index < -0.39 is 0 Å². The number of hydrogen-bond donors (Lipinski definition) is 0. The van der Waals surface area contributed by atoms with Gasteiger partial charge >= 0.3 is 0 Å². The van der Waals surface area contributed by atoms with E-state index in [-0.39, 0.29) is 5.54 Å². The first-order valence-electron chi connectivity index (χ1n) is 6.70.